The smallest absolute Gasteiger partial charge is 0.170 e. The van der Waals surface area contributed by atoms with Gasteiger partial charge in [0.25, 0.3) is 0 Å². The first-order valence-corrected chi connectivity index (χ1v) is 4.57. The number of hydrogen-bond acceptors (Lipinski definition) is 4. The lowest BCUT2D eigenvalue weighted by Crippen LogP contribution is -2.47. The van der Waals surface area contributed by atoms with E-state index in [1.165, 1.54) is 6.42 Å². The van der Waals surface area contributed by atoms with E-state index < -0.39 is 0 Å². The Balaban J connectivity index is 1.99. The normalized spacial score (nSPS) is 33.6. The van der Waals surface area contributed by atoms with Crippen LogP contribution in [0, 0.1) is 0 Å². The van der Waals surface area contributed by atoms with E-state index in [9.17, 15) is 0 Å². The van der Waals surface area contributed by atoms with Crippen LogP contribution in [-0.2, 0) is 4.74 Å². The fourth-order valence-electron chi connectivity index (χ4n) is 1.84. The topological polar surface area (TPSA) is 36.9 Å². The zero-order chi connectivity index (χ0) is 9.10. The van der Waals surface area contributed by atoms with Crippen LogP contribution in [0.4, 0.5) is 0 Å². The lowest BCUT2D eigenvalue weighted by Gasteiger charge is -2.30. The molecule has 4 heteroatoms. The molecule has 1 fully saturated rings. The van der Waals surface area contributed by atoms with Gasteiger partial charge in [-0.2, -0.15) is 0 Å². The van der Waals surface area contributed by atoms with Crippen LogP contribution in [0.25, 0.3) is 0 Å². The van der Waals surface area contributed by atoms with Gasteiger partial charge in [0.1, 0.15) is 12.4 Å². The number of nitrogens with zero attached hydrogens (tertiary/aromatic N) is 2. The third kappa shape index (κ3) is 1.73. The summed E-state index contributed by atoms with van der Waals surface area (Å²) in [5.74, 6) is 0. The summed E-state index contributed by atoms with van der Waals surface area (Å²) in [6, 6.07) is 0. The van der Waals surface area contributed by atoms with E-state index in [0.29, 0.717) is 0 Å². The maximum Gasteiger partial charge on any atom is 0.170 e. The van der Waals surface area contributed by atoms with Crippen LogP contribution in [0.15, 0.2) is 17.3 Å². The maximum absolute atomic E-state index is 5.37. The first-order chi connectivity index (χ1) is 6.42. The second-order valence-electron chi connectivity index (χ2n) is 3.24. The van der Waals surface area contributed by atoms with Crippen LogP contribution in [0.2, 0.25) is 0 Å². The van der Waals surface area contributed by atoms with Crippen LogP contribution in [0.3, 0.4) is 0 Å². The molecule has 2 heterocycles. The molecule has 0 amide bonds. The highest BCUT2D eigenvalue weighted by Gasteiger charge is 2.29. The number of likely N-dealkylation sites (tertiary alicyclic amines) is 1. The van der Waals surface area contributed by atoms with Crippen LogP contribution >= 0.6 is 0 Å². The molecule has 1 saturated heterocycles. The number of ether oxygens (including phenoxy) is 1. The summed E-state index contributed by atoms with van der Waals surface area (Å²) in [4.78, 5) is 6.12. The summed E-state index contributed by atoms with van der Waals surface area (Å²) in [5.41, 5.74) is 0. The van der Waals surface area contributed by atoms with Crippen molar-refractivity contribution in [3.63, 3.8) is 0 Å². The van der Waals surface area contributed by atoms with Gasteiger partial charge in [-0.3, -0.25) is 4.90 Å². The average molecular weight is 180 g/mol. The Labute approximate surface area is 78.3 Å². The average Bonchev–Trinajstić information content (AvgIpc) is 2.67. The molecule has 13 heavy (non-hydrogen) atoms. The second kappa shape index (κ2) is 3.89. The molecule has 0 bridgehead atoms. The molecule has 1 radical (unpaired) electrons. The molecule has 2 aliphatic rings. The van der Waals surface area contributed by atoms with Crippen molar-refractivity contribution in [2.75, 3.05) is 13.7 Å². The summed E-state index contributed by atoms with van der Waals surface area (Å²) < 4.78 is 5.37. The van der Waals surface area contributed by atoms with Crippen LogP contribution in [-0.4, -0.2) is 37.3 Å². The van der Waals surface area contributed by atoms with Gasteiger partial charge in [-0.05, 0) is 18.9 Å². The molecular formula is C9H14N3O. The Hall–Kier alpha value is -0.870. The molecule has 71 valence electrons. The Morgan fingerprint density at radius 1 is 1.69 bits per heavy atom. The number of rotatable bonds is 2. The molecule has 0 saturated carbocycles. The molecule has 0 aromatic rings. The van der Waals surface area contributed by atoms with Crippen molar-refractivity contribution in [3.05, 3.63) is 12.3 Å². The van der Waals surface area contributed by atoms with Crippen molar-refractivity contribution in [1.29, 1.82) is 0 Å². The molecule has 1 N–H and O–H groups in total. The highest BCUT2D eigenvalue weighted by Crippen LogP contribution is 2.20. The van der Waals surface area contributed by atoms with Gasteiger partial charge in [0.05, 0.1) is 0 Å². The van der Waals surface area contributed by atoms with Gasteiger partial charge >= 0.3 is 0 Å². The van der Waals surface area contributed by atoms with Crippen LogP contribution in [0.1, 0.15) is 12.8 Å². The third-order valence-corrected chi connectivity index (χ3v) is 2.49. The van der Waals surface area contributed by atoms with E-state index in [-0.39, 0.29) is 12.4 Å². The molecule has 0 aliphatic carbocycles. The van der Waals surface area contributed by atoms with E-state index in [4.69, 9.17) is 4.74 Å². The van der Waals surface area contributed by atoms with Gasteiger partial charge in [0.2, 0.25) is 0 Å². The lowest BCUT2D eigenvalue weighted by atomic mass is 10.3. The number of nitrogens with one attached hydrogen (secondary N) is 1. The summed E-state index contributed by atoms with van der Waals surface area (Å²) in [7, 11) is 1.76. The van der Waals surface area contributed by atoms with Gasteiger partial charge < -0.3 is 10.1 Å². The predicted molar refractivity (Wildman–Crippen MR) is 50.2 cm³/mol. The standard InChI is InChI=1S/C9H14N3O/c1-13-9-3-2-6-12(9)8-4-5-10-7-11-8/h4-5,8-9H,2-3,6H2,1H3,(H,10,11). The van der Waals surface area contributed by atoms with Crippen molar-refractivity contribution in [3.8, 4) is 0 Å². The summed E-state index contributed by atoms with van der Waals surface area (Å²) in [5, 5.41) is 3.07. The van der Waals surface area contributed by atoms with E-state index in [0.717, 1.165) is 13.0 Å². The number of methoxy groups -OCH3 is 1. The van der Waals surface area contributed by atoms with Gasteiger partial charge in [-0.15, -0.1) is 0 Å². The SMILES string of the molecule is COC1CCCN1C1C=CN=[C]N1. The van der Waals surface area contributed by atoms with E-state index in [1.54, 1.807) is 13.3 Å². The summed E-state index contributed by atoms with van der Waals surface area (Å²) in [6.45, 7) is 1.07. The van der Waals surface area contributed by atoms with Gasteiger partial charge in [-0.25, -0.2) is 4.99 Å². The van der Waals surface area contributed by atoms with Crippen LogP contribution in [0.5, 0.6) is 0 Å². The maximum atomic E-state index is 5.37. The van der Waals surface area contributed by atoms with Crippen molar-refractivity contribution in [1.82, 2.24) is 10.2 Å². The lowest BCUT2D eigenvalue weighted by molar-refractivity contribution is -0.0200. The number of aliphatic imine (C=N–C) groups is 1. The van der Waals surface area contributed by atoms with E-state index >= 15 is 0 Å². The minimum absolute atomic E-state index is 0.199. The van der Waals surface area contributed by atoms with Gasteiger partial charge in [-0.1, -0.05) is 0 Å². The molecular weight excluding hydrogens is 166 g/mol. The Morgan fingerprint density at radius 3 is 3.31 bits per heavy atom. The van der Waals surface area contributed by atoms with Crippen molar-refractivity contribution in [2.24, 2.45) is 4.99 Å². The summed E-state index contributed by atoms with van der Waals surface area (Å²) >= 11 is 0. The first-order valence-electron chi connectivity index (χ1n) is 4.57. The van der Waals surface area contributed by atoms with Gasteiger partial charge in [0.15, 0.2) is 6.34 Å². The Morgan fingerprint density at radius 2 is 2.62 bits per heavy atom. The fraction of sp³-hybridized carbons (Fsp3) is 0.667. The van der Waals surface area contributed by atoms with E-state index in [1.807, 2.05) is 6.08 Å². The Bertz CT molecular complexity index is 227. The molecule has 0 spiro atoms. The zero-order valence-corrected chi connectivity index (χ0v) is 7.73. The highest BCUT2D eigenvalue weighted by molar-refractivity contribution is 5.57. The number of hydrogen-bond donors (Lipinski definition) is 1. The van der Waals surface area contributed by atoms with Crippen molar-refractivity contribution in [2.45, 2.75) is 25.2 Å². The molecule has 2 unspecified atom stereocenters. The Kier molecular flexibility index (Phi) is 2.61. The molecule has 4 nitrogen and oxygen atoms in total. The highest BCUT2D eigenvalue weighted by atomic mass is 16.5. The monoisotopic (exact) mass is 180 g/mol. The molecule has 2 aliphatic heterocycles. The molecule has 2 rings (SSSR count). The van der Waals surface area contributed by atoms with Gasteiger partial charge in [0, 0.05) is 19.9 Å². The second-order valence-corrected chi connectivity index (χ2v) is 3.24. The molecule has 0 aromatic heterocycles. The largest absolute Gasteiger partial charge is 0.366 e. The van der Waals surface area contributed by atoms with Crippen LogP contribution < -0.4 is 5.32 Å². The van der Waals surface area contributed by atoms with Crippen molar-refractivity contribution < 1.29 is 4.74 Å². The molecule has 0 aromatic carbocycles. The predicted octanol–water partition coefficient (Wildman–Crippen LogP) is 0.403. The summed E-state index contributed by atoms with van der Waals surface area (Å²) in [6.07, 6.45) is 9.28. The quantitative estimate of drug-likeness (QED) is 0.668. The van der Waals surface area contributed by atoms with E-state index in [2.05, 4.69) is 21.5 Å². The van der Waals surface area contributed by atoms with Crippen molar-refractivity contribution >= 4 is 6.34 Å². The first kappa shape index (κ1) is 8.72. The third-order valence-electron chi connectivity index (χ3n) is 2.49. The minimum Gasteiger partial charge on any atom is -0.366 e. The zero-order valence-electron chi connectivity index (χ0n) is 7.73. The molecule has 2 atom stereocenters. The minimum atomic E-state index is 0.199. The fourth-order valence-corrected chi connectivity index (χ4v) is 1.84.